The molecule has 4 heteroatoms. The second kappa shape index (κ2) is 3.66. The van der Waals surface area contributed by atoms with Gasteiger partial charge in [-0.1, -0.05) is 0 Å². The average Bonchev–Trinajstić information content (AvgIpc) is 2.05. The van der Waals surface area contributed by atoms with Gasteiger partial charge in [0, 0.05) is 9.13 Å². The van der Waals surface area contributed by atoms with Gasteiger partial charge in [-0.2, -0.15) is 0 Å². The Labute approximate surface area is 82.5 Å². The van der Waals surface area contributed by atoms with Crippen molar-refractivity contribution in [3.05, 3.63) is 32.9 Å². The summed E-state index contributed by atoms with van der Waals surface area (Å²) in [4.78, 5) is 20.9. The zero-order valence-electron chi connectivity index (χ0n) is 5.95. The maximum absolute atomic E-state index is 10.5. The second-order valence-electron chi connectivity index (χ2n) is 2.16. The van der Waals surface area contributed by atoms with Gasteiger partial charge in [-0.3, -0.25) is 4.79 Å². The molecule has 1 aromatic rings. The molecule has 12 heavy (non-hydrogen) atoms. The molecule has 0 atom stereocenters. The third-order valence-electron chi connectivity index (χ3n) is 1.37. The minimum Gasteiger partial charge on any atom is -0.478 e. The third kappa shape index (κ3) is 1.82. The van der Waals surface area contributed by atoms with Crippen LogP contribution in [0.3, 0.4) is 0 Å². The van der Waals surface area contributed by atoms with E-state index in [0.717, 1.165) is 3.57 Å². The van der Waals surface area contributed by atoms with Crippen LogP contribution in [0, 0.1) is 3.57 Å². The number of carboxylic acids is 1. The molecule has 3 nitrogen and oxygen atoms in total. The Morgan fingerprint density at radius 1 is 1.50 bits per heavy atom. The summed E-state index contributed by atoms with van der Waals surface area (Å²) in [7, 11) is 0. The smallest absolute Gasteiger partial charge is 0.335 e. The molecule has 0 aromatic heterocycles. The number of benzene rings is 1. The lowest BCUT2D eigenvalue weighted by Crippen LogP contribution is -1.98. The average molecular weight is 276 g/mol. The summed E-state index contributed by atoms with van der Waals surface area (Å²) in [6.45, 7) is 0. The van der Waals surface area contributed by atoms with Crippen molar-refractivity contribution in [2.24, 2.45) is 0 Å². The lowest BCUT2D eigenvalue weighted by atomic mass is 10.1. The molecule has 0 spiro atoms. The largest absolute Gasteiger partial charge is 0.478 e. The van der Waals surface area contributed by atoms with E-state index in [-0.39, 0.29) is 5.56 Å². The van der Waals surface area contributed by atoms with Crippen molar-refractivity contribution >= 4 is 34.8 Å². The van der Waals surface area contributed by atoms with E-state index in [0.29, 0.717) is 11.8 Å². The van der Waals surface area contributed by atoms with Crippen LogP contribution in [0.25, 0.3) is 0 Å². The lowest BCUT2D eigenvalue weighted by Gasteiger charge is -1.97. The Hall–Kier alpha value is -0.910. The molecule has 0 aliphatic heterocycles. The van der Waals surface area contributed by atoms with Gasteiger partial charge in [-0.25, -0.2) is 4.79 Å². The maximum Gasteiger partial charge on any atom is 0.335 e. The quantitative estimate of drug-likeness (QED) is 0.662. The summed E-state index contributed by atoms with van der Waals surface area (Å²) in [5, 5.41) is 8.58. The minimum atomic E-state index is -1.02. The summed E-state index contributed by atoms with van der Waals surface area (Å²) in [5.74, 6) is -1.02. The lowest BCUT2D eigenvalue weighted by molar-refractivity contribution is 0.0697. The van der Waals surface area contributed by atoms with Crippen molar-refractivity contribution in [2.75, 3.05) is 0 Å². The minimum absolute atomic E-state index is 0.137. The van der Waals surface area contributed by atoms with Gasteiger partial charge in [0.05, 0.1) is 5.56 Å². The number of hydrogen-bond acceptors (Lipinski definition) is 2. The van der Waals surface area contributed by atoms with Crippen molar-refractivity contribution in [3.63, 3.8) is 0 Å². The number of aromatic carboxylic acids is 1. The number of carboxylic acid groups (broad SMARTS) is 1. The molecule has 62 valence electrons. The van der Waals surface area contributed by atoms with Gasteiger partial charge in [0.25, 0.3) is 0 Å². The van der Waals surface area contributed by atoms with Gasteiger partial charge in [0.2, 0.25) is 0 Å². The highest BCUT2D eigenvalue weighted by Gasteiger charge is 2.05. The maximum atomic E-state index is 10.5. The first-order valence-electron chi connectivity index (χ1n) is 3.13. The molecule has 0 saturated heterocycles. The van der Waals surface area contributed by atoms with Gasteiger partial charge in [-0.05, 0) is 40.8 Å². The fraction of sp³-hybridized carbons (Fsp3) is 0. The van der Waals surface area contributed by atoms with Gasteiger partial charge in [0.1, 0.15) is 0 Å². The molecule has 1 aromatic carbocycles. The SMILES string of the molecule is O=Cc1cc(C(=O)O)ccc1I. The van der Waals surface area contributed by atoms with Crippen molar-refractivity contribution in [2.45, 2.75) is 0 Å². The molecule has 0 amide bonds. The molecule has 0 unspecified atom stereocenters. The van der Waals surface area contributed by atoms with Crippen LogP contribution in [0.5, 0.6) is 0 Å². The van der Waals surface area contributed by atoms with E-state index in [4.69, 9.17) is 5.11 Å². The molecule has 0 fully saturated rings. The van der Waals surface area contributed by atoms with Gasteiger partial charge >= 0.3 is 5.97 Å². The third-order valence-corrected chi connectivity index (χ3v) is 2.35. The molecule has 0 bridgehead atoms. The van der Waals surface area contributed by atoms with E-state index >= 15 is 0 Å². The normalized spacial score (nSPS) is 9.42. The zero-order valence-corrected chi connectivity index (χ0v) is 8.11. The van der Waals surface area contributed by atoms with E-state index in [1.165, 1.54) is 12.1 Å². The Kier molecular flexibility index (Phi) is 2.80. The number of carbonyl (C=O) groups excluding carboxylic acids is 1. The Balaban J connectivity index is 3.22. The van der Waals surface area contributed by atoms with Crippen LogP contribution in [0.15, 0.2) is 18.2 Å². The summed E-state index contributed by atoms with van der Waals surface area (Å²) >= 11 is 1.98. The Morgan fingerprint density at radius 3 is 2.67 bits per heavy atom. The van der Waals surface area contributed by atoms with Crippen LogP contribution < -0.4 is 0 Å². The summed E-state index contributed by atoms with van der Waals surface area (Å²) in [6.07, 6.45) is 0.647. The zero-order chi connectivity index (χ0) is 9.14. The topological polar surface area (TPSA) is 54.4 Å². The van der Waals surface area contributed by atoms with Crippen molar-refractivity contribution in [3.8, 4) is 0 Å². The molecule has 0 aliphatic rings. The number of aldehydes is 1. The number of halogens is 1. The molecular weight excluding hydrogens is 271 g/mol. The van der Waals surface area contributed by atoms with Gasteiger partial charge < -0.3 is 5.11 Å². The monoisotopic (exact) mass is 276 g/mol. The first kappa shape index (κ1) is 9.18. The van der Waals surface area contributed by atoms with Crippen LogP contribution in [-0.2, 0) is 0 Å². The summed E-state index contributed by atoms with van der Waals surface area (Å²) < 4.78 is 0.757. The van der Waals surface area contributed by atoms with Gasteiger partial charge in [0.15, 0.2) is 6.29 Å². The van der Waals surface area contributed by atoms with E-state index in [1.807, 2.05) is 22.6 Å². The molecule has 1 rings (SSSR count). The van der Waals surface area contributed by atoms with Crippen LogP contribution in [0.1, 0.15) is 20.7 Å². The van der Waals surface area contributed by atoms with Crippen LogP contribution in [0.2, 0.25) is 0 Å². The summed E-state index contributed by atoms with van der Waals surface area (Å²) in [6, 6.07) is 4.43. The van der Waals surface area contributed by atoms with E-state index in [1.54, 1.807) is 6.07 Å². The van der Waals surface area contributed by atoms with Gasteiger partial charge in [-0.15, -0.1) is 0 Å². The standard InChI is InChI=1S/C8H5IO3/c9-7-2-1-5(8(11)12)3-6(7)4-10/h1-4H,(H,11,12). The fourth-order valence-corrected chi connectivity index (χ4v) is 1.23. The molecule has 1 N–H and O–H groups in total. The number of rotatable bonds is 2. The van der Waals surface area contributed by atoms with Crippen molar-refractivity contribution < 1.29 is 14.7 Å². The molecule has 0 saturated carbocycles. The summed E-state index contributed by atoms with van der Waals surface area (Å²) in [5.41, 5.74) is 0.549. The second-order valence-corrected chi connectivity index (χ2v) is 3.32. The predicted molar refractivity (Wildman–Crippen MR) is 51.5 cm³/mol. The molecule has 0 aliphatic carbocycles. The van der Waals surface area contributed by atoms with Crippen LogP contribution in [-0.4, -0.2) is 17.4 Å². The molecular formula is C8H5IO3. The van der Waals surface area contributed by atoms with E-state index in [9.17, 15) is 9.59 Å². The Morgan fingerprint density at radius 2 is 2.17 bits per heavy atom. The highest BCUT2D eigenvalue weighted by atomic mass is 127. The van der Waals surface area contributed by atoms with Crippen molar-refractivity contribution in [1.29, 1.82) is 0 Å². The molecule has 0 heterocycles. The first-order chi connectivity index (χ1) is 5.65. The van der Waals surface area contributed by atoms with Crippen molar-refractivity contribution in [1.82, 2.24) is 0 Å². The fourth-order valence-electron chi connectivity index (χ4n) is 0.767. The highest BCUT2D eigenvalue weighted by Crippen LogP contribution is 2.12. The highest BCUT2D eigenvalue weighted by molar-refractivity contribution is 14.1. The van der Waals surface area contributed by atoms with Crippen LogP contribution >= 0.6 is 22.6 Å². The number of hydrogen-bond donors (Lipinski definition) is 1. The predicted octanol–water partition coefficient (Wildman–Crippen LogP) is 1.80. The van der Waals surface area contributed by atoms with Crippen LogP contribution in [0.4, 0.5) is 0 Å². The number of carbonyl (C=O) groups is 2. The van der Waals surface area contributed by atoms with E-state index < -0.39 is 5.97 Å². The Bertz CT molecular complexity index is 333. The van der Waals surface area contributed by atoms with E-state index in [2.05, 4.69) is 0 Å². The molecule has 0 radical (unpaired) electrons. The first-order valence-corrected chi connectivity index (χ1v) is 4.21.